The summed E-state index contributed by atoms with van der Waals surface area (Å²) in [6.07, 6.45) is 0. The van der Waals surface area contributed by atoms with Crippen LogP contribution in [0.1, 0.15) is 36.0 Å². The molecule has 0 radical (unpaired) electrons. The molecule has 1 fully saturated rings. The van der Waals surface area contributed by atoms with Crippen LogP contribution in [0.2, 0.25) is 5.02 Å². The number of benzene rings is 2. The van der Waals surface area contributed by atoms with Crippen molar-refractivity contribution < 1.29 is 24.2 Å². The maximum absolute atomic E-state index is 13.2. The maximum Gasteiger partial charge on any atom is 0.301 e. The van der Waals surface area contributed by atoms with E-state index < -0.39 is 17.7 Å². The summed E-state index contributed by atoms with van der Waals surface area (Å²) < 4.78 is 11.4. The monoisotopic (exact) mass is 499 g/mol. The molecule has 0 bridgehead atoms. The lowest BCUT2D eigenvalue weighted by Crippen LogP contribution is -2.29. The van der Waals surface area contributed by atoms with Gasteiger partial charge < -0.3 is 14.6 Å². The molecule has 1 amide bonds. The number of Topliss-reactive ketones (excluding diaryl/α,β-unsaturated/α-hetero) is 1. The topological polar surface area (TPSA) is 102 Å². The van der Waals surface area contributed by atoms with E-state index in [-0.39, 0.29) is 16.5 Å². The van der Waals surface area contributed by atoms with Crippen LogP contribution < -0.4 is 14.4 Å². The molecule has 2 heterocycles. The van der Waals surface area contributed by atoms with Crippen LogP contribution in [0.25, 0.3) is 5.76 Å². The fourth-order valence-electron chi connectivity index (χ4n) is 3.73. The van der Waals surface area contributed by atoms with Crippen molar-refractivity contribution in [2.45, 2.75) is 26.8 Å². The molecule has 3 aromatic rings. The Morgan fingerprint density at radius 1 is 1.06 bits per heavy atom. The molecule has 1 aliphatic heterocycles. The number of aromatic nitrogens is 2. The largest absolute Gasteiger partial charge is 0.507 e. The summed E-state index contributed by atoms with van der Waals surface area (Å²) in [7, 11) is 0. The molecule has 1 unspecified atom stereocenters. The number of carbonyl (C=O) groups excluding carboxylic acids is 2. The Morgan fingerprint density at radius 2 is 1.74 bits per heavy atom. The molecular weight excluding hydrogens is 478 g/mol. The van der Waals surface area contributed by atoms with Crippen LogP contribution in [0.15, 0.2) is 48.0 Å². The summed E-state index contributed by atoms with van der Waals surface area (Å²) in [6.45, 7) is 6.30. The summed E-state index contributed by atoms with van der Waals surface area (Å²) in [5, 5.41) is 20.6. The SMILES string of the molecule is CCOc1ccc(C2C(=C(O)c3ccc(Cl)cc3)C(=O)C(=O)N2c2nnc(C)s2)cc1OCC. The highest BCUT2D eigenvalue weighted by Crippen LogP contribution is 2.44. The zero-order chi connectivity index (χ0) is 24.4. The Bertz CT molecular complexity index is 1270. The molecule has 8 nitrogen and oxygen atoms in total. The molecule has 2 aromatic carbocycles. The molecule has 176 valence electrons. The number of nitrogens with zero attached hydrogens (tertiary/aromatic N) is 3. The predicted octanol–water partition coefficient (Wildman–Crippen LogP) is 4.92. The van der Waals surface area contributed by atoms with Crippen molar-refractivity contribution in [3.8, 4) is 11.5 Å². The van der Waals surface area contributed by atoms with Crippen LogP contribution in [-0.2, 0) is 9.59 Å². The predicted molar refractivity (Wildman–Crippen MR) is 130 cm³/mol. The number of aliphatic hydroxyl groups excluding tert-OH is 1. The van der Waals surface area contributed by atoms with Crippen LogP contribution in [0, 0.1) is 6.92 Å². The van der Waals surface area contributed by atoms with Crippen molar-refractivity contribution in [2.24, 2.45) is 0 Å². The van der Waals surface area contributed by atoms with Crippen molar-refractivity contribution in [2.75, 3.05) is 18.1 Å². The molecule has 0 saturated carbocycles. The lowest BCUT2D eigenvalue weighted by Gasteiger charge is -2.23. The standard InChI is InChI=1S/C24H22ClN3O5S/c1-4-32-17-11-8-15(12-18(17)33-5-2)20-19(21(29)14-6-9-16(25)10-7-14)22(30)23(31)28(20)24-27-26-13(3)34-24/h6-12,20,29H,4-5H2,1-3H3. The zero-order valence-electron chi connectivity index (χ0n) is 18.7. The number of carbonyl (C=O) groups is 2. The first kappa shape index (κ1) is 23.7. The summed E-state index contributed by atoms with van der Waals surface area (Å²) in [4.78, 5) is 27.6. The molecule has 0 aliphatic carbocycles. The molecule has 1 N–H and O–H groups in total. The van der Waals surface area contributed by atoms with Gasteiger partial charge in [0.2, 0.25) is 5.13 Å². The number of aliphatic hydroxyl groups is 1. The van der Waals surface area contributed by atoms with Crippen LogP contribution >= 0.6 is 22.9 Å². The van der Waals surface area contributed by atoms with Gasteiger partial charge in [0.1, 0.15) is 10.8 Å². The van der Waals surface area contributed by atoms with Gasteiger partial charge in [-0.05, 0) is 62.7 Å². The third-order valence-electron chi connectivity index (χ3n) is 5.17. The van der Waals surface area contributed by atoms with Gasteiger partial charge in [-0.15, -0.1) is 10.2 Å². The number of hydrogen-bond donors (Lipinski definition) is 1. The Labute approximate surface area is 205 Å². The minimum Gasteiger partial charge on any atom is -0.507 e. The van der Waals surface area contributed by atoms with E-state index in [9.17, 15) is 14.7 Å². The van der Waals surface area contributed by atoms with Gasteiger partial charge in [0, 0.05) is 10.6 Å². The van der Waals surface area contributed by atoms with E-state index in [2.05, 4.69) is 10.2 Å². The van der Waals surface area contributed by atoms with Gasteiger partial charge in [0.05, 0.1) is 24.8 Å². The molecule has 1 atom stereocenters. The number of halogens is 1. The third-order valence-corrected chi connectivity index (χ3v) is 6.26. The quantitative estimate of drug-likeness (QED) is 0.279. The Morgan fingerprint density at radius 3 is 2.35 bits per heavy atom. The van der Waals surface area contributed by atoms with E-state index in [1.807, 2.05) is 13.8 Å². The van der Waals surface area contributed by atoms with Crippen LogP contribution in [0.5, 0.6) is 11.5 Å². The number of ketones is 1. The average Bonchev–Trinajstić information content (AvgIpc) is 3.36. The molecule has 1 aromatic heterocycles. The number of ether oxygens (including phenoxy) is 2. The summed E-state index contributed by atoms with van der Waals surface area (Å²) in [5.74, 6) is -0.932. The van der Waals surface area contributed by atoms with Gasteiger partial charge in [-0.25, -0.2) is 0 Å². The maximum atomic E-state index is 13.2. The van der Waals surface area contributed by atoms with Crippen molar-refractivity contribution in [1.82, 2.24) is 10.2 Å². The first-order valence-corrected chi connectivity index (χ1v) is 11.8. The molecule has 10 heteroatoms. The van der Waals surface area contributed by atoms with Crippen LogP contribution in [0.4, 0.5) is 5.13 Å². The van der Waals surface area contributed by atoms with Gasteiger partial charge in [0.25, 0.3) is 5.78 Å². The second-order valence-electron chi connectivity index (χ2n) is 7.35. The number of amides is 1. The first-order valence-electron chi connectivity index (χ1n) is 10.6. The van der Waals surface area contributed by atoms with E-state index >= 15 is 0 Å². The number of rotatable bonds is 7. The minimum absolute atomic E-state index is 0.0632. The number of aryl methyl sites for hydroxylation is 1. The molecule has 1 aliphatic rings. The molecule has 0 spiro atoms. The van der Waals surface area contributed by atoms with Crippen LogP contribution in [-0.4, -0.2) is 40.2 Å². The van der Waals surface area contributed by atoms with E-state index in [1.54, 1.807) is 49.4 Å². The molecule has 4 rings (SSSR count). The van der Waals surface area contributed by atoms with Gasteiger partial charge in [-0.2, -0.15) is 0 Å². The fourth-order valence-corrected chi connectivity index (χ4v) is 4.57. The van der Waals surface area contributed by atoms with Crippen molar-refractivity contribution >= 4 is 45.5 Å². The molecular formula is C24H22ClN3O5S. The fraction of sp³-hybridized carbons (Fsp3) is 0.250. The van der Waals surface area contributed by atoms with Crippen molar-refractivity contribution in [3.05, 3.63) is 69.2 Å². The van der Waals surface area contributed by atoms with E-state index in [0.717, 1.165) is 0 Å². The smallest absolute Gasteiger partial charge is 0.301 e. The van der Waals surface area contributed by atoms with Gasteiger partial charge in [0.15, 0.2) is 11.5 Å². The molecule has 34 heavy (non-hydrogen) atoms. The Kier molecular flexibility index (Phi) is 6.85. The summed E-state index contributed by atoms with van der Waals surface area (Å²) in [6, 6.07) is 10.6. The highest BCUT2D eigenvalue weighted by molar-refractivity contribution is 7.15. The summed E-state index contributed by atoms with van der Waals surface area (Å²) >= 11 is 7.16. The second-order valence-corrected chi connectivity index (χ2v) is 8.95. The van der Waals surface area contributed by atoms with Crippen molar-refractivity contribution in [1.29, 1.82) is 0 Å². The zero-order valence-corrected chi connectivity index (χ0v) is 20.3. The average molecular weight is 500 g/mol. The number of hydrogen-bond acceptors (Lipinski definition) is 8. The van der Waals surface area contributed by atoms with E-state index in [0.29, 0.717) is 45.9 Å². The first-order chi connectivity index (χ1) is 16.3. The lowest BCUT2D eigenvalue weighted by molar-refractivity contribution is -0.132. The third kappa shape index (κ3) is 4.36. The minimum atomic E-state index is -0.946. The molecule has 1 saturated heterocycles. The summed E-state index contributed by atoms with van der Waals surface area (Å²) in [5.41, 5.74) is 0.845. The Hall–Kier alpha value is -3.43. The van der Waals surface area contributed by atoms with Gasteiger partial charge >= 0.3 is 5.91 Å². The highest BCUT2D eigenvalue weighted by atomic mass is 35.5. The second kappa shape index (κ2) is 9.82. The van der Waals surface area contributed by atoms with Gasteiger partial charge in [-0.1, -0.05) is 29.0 Å². The lowest BCUT2D eigenvalue weighted by atomic mass is 9.95. The van der Waals surface area contributed by atoms with E-state index in [1.165, 1.54) is 16.2 Å². The van der Waals surface area contributed by atoms with Crippen molar-refractivity contribution in [3.63, 3.8) is 0 Å². The van der Waals surface area contributed by atoms with Gasteiger partial charge in [-0.3, -0.25) is 14.5 Å². The van der Waals surface area contributed by atoms with Crippen LogP contribution in [0.3, 0.4) is 0 Å². The highest BCUT2D eigenvalue weighted by Gasteiger charge is 2.48. The number of anilines is 1. The normalized spacial score (nSPS) is 17.3. The Balaban J connectivity index is 1.93. The van der Waals surface area contributed by atoms with E-state index in [4.69, 9.17) is 21.1 Å².